The summed E-state index contributed by atoms with van der Waals surface area (Å²) in [6.45, 7) is 4.17. The van der Waals surface area contributed by atoms with Crippen molar-refractivity contribution in [2.24, 2.45) is 0 Å². The molecule has 0 aliphatic carbocycles. The van der Waals surface area contributed by atoms with Crippen LogP contribution in [-0.4, -0.2) is 0 Å². The molecule has 1 aromatic rings. The molecule has 0 bridgehead atoms. The van der Waals surface area contributed by atoms with Crippen molar-refractivity contribution in [2.45, 2.75) is 26.7 Å². The van der Waals surface area contributed by atoms with Crippen LogP contribution in [0.25, 0.3) is 0 Å². The van der Waals surface area contributed by atoms with Gasteiger partial charge in [-0.05, 0) is 36.6 Å². The van der Waals surface area contributed by atoms with Crippen LogP contribution < -0.4 is 0 Å². The lowest BCUT2D eigenvalue weighted by atomic mass is 10.0. The molecular weight excluding hydrogens is 146 g/mol. The van der Waals surface area contributed by atoms with Crippen molar-refractivity contribution in [2.75, 3.05) is 0 Å². The number of benzene rings is 1. The topological polar surface area (TPSA) is 23.8 Å². The highest BCUT2D eigenvalue weighted by atomic mass is 14.2. The maximum atomic E-state index is 8.70. The van der Waals surface area contributed by atoms with E-state index in [0.717, 1.165) is 18.4 Å². The average Bonchev–Trinajstić information content (AvgIpc) is 2.04. The Balaban J connectivity index is 3.00. The maximum absolute atomic E-state index is 8.70. The monoisotopic (exact) mass is 159 g/mol. The lowest BCUT2D eigenvalue weighted by Crippen LogP contribution is -1.86. The van der Waals surface area contributed by atoms with Crippen molar-refractivity contribution in [3.8, 4) is 6.07 Å². The molecule has 0 aliphatic rings. The van der Waals surface area contributed by atoms with E-state index in [9.17, 15) is 0 Å². The van der Waals surface area contributed by atoms with Crippen LogP contribution in [0.5, 0.6) is 0 Å². The van der Waals surface area contributed by atoms with Crippen LogP contribution in [0.4, 0.5) is 0 Å². The van der Waals surface area contributed by atoms with Crippen LogP contribution in [0.3, 0.4) is 0 Å². The zero-order valence-corrected chi connectivity index (χ0v) is 7.59. The fourth-order valence-corrected chi connectivity index (χ4v) is 1.36. The minimum absolute atomic E-state index is 0.776. The molecule has 0 aromatic heterocycles. The van der Waals surface area contributed by atoms with E-state index in [4.69, 9.17) is 5.26 Å². The summed E-state index contributed by atoms with van der Waals surface area (Å²) in [5.41, 5.74) is 3.23. The molecule has 12 heavy (non-hydrogen) atoms. The first kappa shape index (κ1) is 8.80. The van der Waals surface area contributed by atoms with Gasteiger partial charge in [0.15, 0.2) is 0 Å². The molecule has 1 rings (SSSR count). The highest BCUT2D eigenvalue weighted by molar-refractivity contribution is 5.36. The Kier molecular flexibility index (Phi) is 2.88. The zero-order chi connectivity index (χ0) is 8.97. The van der Waals surface area contributed by atoms with Gasteiger partial charge in [0.1, 0.15) is 0 Å². The Morgan fingerprint density at radius 1 is 1.33 bits per heavy atom. The number of hydrogen-bond acceptors (Lipinski definition) is 1. The predicted octanol–water partition coefficient (Wildman–Crippen LogP) is 2.82. The molecule has 0 aliphatic heterocycles. The van der Waals surface area contributed by atoms with Gasteiger partial charge in [-0.15, -0.1) is 0 Å². The average molecular weight is 159 g/mol. The molecule has 0 fully saturated rings. The van der Waals surface area contributed by atoms with E-state index >= 15 is 0 Å². The highest BCUT2D eigenvalue weighted by Crippen LogP contribution is 2.10. The standard InChI is InChI=1S/C11H13N/c1-3-4-10-5-9(2)6-11(7-10)8-12/h5-7H,3-4H2,1-2H3. The Bertz CT molecular complexity index is 307. The van der Waals surface area contributed by atoms with Crippen molar-refractivity contribution >= 4 is 0 Å². The molecule has 62 valence electrons. The maximum Gasteiger partial charge on any atom is 0.0991 e. The number of hydrogen-bond donors (Lipinski definition) is 0. The summed E-state index contributed by atoms with van der Waals surface area (Å²) in [5, 5.41) is 8.70. The number of aryl methyl sites for hydroxylation is 2. The van der Waals surface area contributed by atoms with Crippen molar-refractivity contribution in [3.05, 3.63) is 34.9 Å². The largest absolute Gasteiger partial charge is 0.192 e. The smallest absolute Gasteiger partial charge is 0.0991 e. The SMILES string of the molecule is CCCc1cc(C)cc(C#N)c1. The molecule has 1 heteroatoms. The molecule has 0 saturated carbocycles. The van der Waals surface area contributed by atoms with Gasteiger partial charge in [0.2, 0.25) is 0 Å². The third-order valence-corrected chi connectivity index (χ3v) is 1.80. The molecule has 0 heterocycles. The summed E-state index contributed by atoms with van der Waals surface area (Å²) in [5.74, 6) is 0. The summed E-state index contributed by atoms with van der Waals surface area (Å²) in [7, 11) is 0. The lowest BCUT2D eigenvalue weighted by molar-refractivity contribution is 0.919. The summed E-state index contributed by atoms with van der Waals surface area (Å²) < 4.78 is 0. The van der Waals surface area contributed by atoms with Gasteiger partial charge >= 0.3 is 0 Å². The van der Waals surface area contributed by atoms with E-state index in [0.29, 0.717) is 0 Å². The van der Waals surface area contributed by atoms with Gasteiger partial charge in [0.05, 0.1) is 11.6 Å². The normalized spacial score (nSPS) is 9.42. The van der Waals surface area contributed by atoms with Crippen LogP contribution in [0, 0.1) is 18.3 Å². The molecule has 0 unspecified atom stereocenters. The number of rotatable bonds is 2. The third-order valence-electron chi connectivity index (χ3n) is 1.80. The highest BCUT2D eigenvalue weighted by Gasteiger charge is 1.96. The van der Waals surface area contributed by atoms with Crippen LogP contribution >= 0.6 is 0 Å². The third kappa shape index (κ3) is 2.10. The van der Waals surface area contributed by atoms with Gasteiger partial charge in [-0.2, -0.15) is 5.26 Å². The van der Waals surface area contributed by atoms with E-state index in [1.54, 1.807) is 0 Å². The van der Waals surface area contributed by atoms with E-state index in [1.165, 1.54) is 11.1 Å². The fraction of sp³-hybridized carbons (Fsp3) is 0.364. The van der Waals surface area contributed by atoms with Crippen molar-refractivity contribution in [1.29, 1.82) is 5.26 Å². The predicted molar refractivity (Wildman–Crippen MR) is 49.9 cm³/mol. The van der Waals surface area contributed by atoms with Crippen LogP contribution in [0.2, 0.25) is 0 Å². The first-order valence-corrected chi connectivity index (χ1v) is 4.27. The number of nitriles is 1. The molecule has 0 amide bonds. The Morgan fingerprint density at radius 3 is 2.67 bits per heavy atom. The zero-order valence-electron chi connectivity index (χ0n) is 7.59. The molecule has 1 aromatic carbocycles. The van der Waals surface area contributed by atoms with Gasteiger partial charge in [0.25, 0.3) is 0 Å². The minimum atomic E-state index is 0.776. The van der Waals surface area contributed by atoms with E-state index in [1.807, 2.05) is 19.1 Å². The molecule has 1 nitrogen and oxygen atoms in total. The van der Waals surface area contributed by atoms with Gasteiger partial charge in [-0.3, -0.25) is 0 Å². The fourth-order valence-electron chi connectivity index (χ4n) is 1.36. The van der Waals surface area contributed by atoms with E-state index in [2.05, 4.69) is 19.1 Å². The summed E-state index contributed by atoms with van der Waals surface area (Å²) in [6, 6.07) is 8.19. The summed E-state index contributed by atoms with van der Waals surface area (Å²) in [4.78, 5) is 0. The van der Waals surface area contributed by atoms with Crippen LogP contribution in [0.1, 0.15) is 30.0 Å². The molecule has 0 saturated heterocycles. The number of nitrogens with zero attached hydrogens (tertiary/aromatic N) is 1. The second-order valence-corrected chi connectivity index (χ2v) is 3.07. The summed E-state index contributed by atoms with van der Waals surface area (Å²) in [6.07, 6.45) is 2.20. The van der Waals surface area contributed by atoms with Crippen molar-refractivity contribution < 1.29 is 0 Å². The Morgan fingerprint density at radius 2 is 2.08 bits per heavy atom. The Labute approximate surface area is 73.6 Å². The molecule has 0 spiro atoms. The van der Waals surface area contributed by atoms with Crippen LogP contribution in [-0.2, 0) is 6.42 Å². The summed E-state index contributed by atoms with van der Waals surface area (Å²) >= 11 is 0. The van der Waals surface area contributed by atoms with Crippen molar-refractivity contribution in [1.82, 2.24) is 0 Å². The molecule has 0 atom stereocenters. The van der Waals surface area contributed by atoms with E-state index in [-0.39, 0.29) is 0 Å². The van der Waals surface area contributed by atoms with Gasteiger partial charge in [-0.25, -0.2) is 0 Å². The second kappa shape index (κ2) is 3.92. The van der Waals surface area contributed by atoms with Gasteiger partial charge in [-0.1, -0.05) is 19.4 Å². The van der Waals surface area contributed by atoms with Gasteiger partial charge in [0, 0.05) is 0 Å². The van der Waals surface area contributed by atoms with E-state index < -0.39 is 0 Å². The van der Waals surface area contributed by atoms with Crippen molar-refractivity contribution in [3.63, 3.8) is 0 Å². The van der Waals surface area contributed by atoms with Crippen LogP contribution in [0.15, 0.2) is 18.2 Å². The molecule has 0 N–H and O–H groups in total. The lowest BCUT2D eigenvalue weighted by Gasteiger charge is -2.00. The first-order chi connectivity index (χ1) is 5.76. The molecular formula is C11H13N. The Hall–Kier alpha value is -1.29. The van der Waals surface area contributed by atoms with Gasteiger partial charge < -0.3 is 0 Å². The first-order valence-electron chi connectivity index (χ1n) is 4.27. The molecule has 0 radical (unpaired) electrons. The second-order valence-electron chi connectivity index (χ2n) is 3.07. The minimum Gasteiger partial charge on any atom is -0.192 e. The quantitative estimate of drug-likeness (QED) is 0.651.